The molecule has 0 aliphatic carbocycles. The predicted octanol–water partition coefficient (Wildman–Crippen LogP) is 1.23. The van der Waals surface area contributed by atoms with Gasteiger partial charge in [0.1, 0.15) is 0 Å². The van der Waals surface area contributed by atoms with Crippen LogP contribution in [0.4, 0.5) is 0 Å². The maximum atomic E-state index is 3.04. The van der Waals surface area contributed by atoms with Crippen LogP contribution in [-0.4, -0.2) is 33.8 Å². The Balaban J connectivity index is 2.82. The zero-order valence-corrected chi connectivity index (χ0v) is 8.86. The van der Waals surface area contributed by atoms with E-state index < -0.39 is 0 Å². The summed E-state index contributed by atoms with van der Waals surface area (Å²) in [5.41, 5.74) is 0. The van der Waals surface area contributed by atoms with Crippen molar-refractivity contribution in [2.75, 3.05) is 0 Å². The molecule has 0 nitrogen and oxygen atoms in total. The monoisotopic (exact) mass is 244 g/mol. The molecule has 0 N–H and O–H groups in total. The van der Waals surface area contributed by atoms with Gasteiger partial charge in [-0.15, -0.1) is 0 Å². The first-order valence-corrected chi connectivity index (χ1v) is 5.83. The standard InChI is InChI=1S/C6H12Se2/c1-3-4-5-8-6(2)7/h3-5H2,1-2H3. The van der Waals surface area contributed by atoms with Crippen molar-refractivity contribution in [2.45, 2.75) is 32.0 Å². The molecule has 0 fully saturated rings. The second kappa shape index (κ2) is 6.04. The molecule has 2 heteroatoms. The number of rotatable bonds is 4. The molecule has 0 rings (SSSR count). The molecule has 0 aliphatic heterocycles. The van der Waals surface area contributed by atoms with E-state index in [1.54, 1.807) is 0 Å². The van der Waals surface area contributed by atoms with E-state index >= 15 is 0 Å². The molecule has 0 aromatic carbocycles. The summed E-state index contributed by atoms with van der Waals surface area (Å²) in [5, 5.41) is 1.42. The average molecular weight is 242 g/mol. The van der Waals surface area contributed by atoms with Crippen LogP contribution < -0.4 is 0 Å². The Labute approximate surface area is 65.9 Å². The van der Waals surface area contributed by atoms with Crippen molar-refractivity contribution in [1.82, 2.24) is 0 Å². The summed E-state index contributed by atoms with van der Waals surface area (Å²) >= 11 is 3.83. The van der Waals surface area contributed by atoms with E-state index in [9.17, 15) is 0 Å². The summed E-state index contributed by atoms with van der Waals surface area (Å²) in [6, 6.07) is 0. The third kappa shape index (κ3) is 6.91. The summed E-state index contributed by atoms with van der Waals surface area (Å²) in [5.74, 6) is 0. The van der Waals surface area contributed by atoms with Gasteiger partial charge >= 0.3 is 65.9 Å². The minimum absolute atomic E-state index is 0.788. The maximum absolute atomic E-state index is 3.04. The van der Waals surface area contributed by atoms with Crippen LogP contribution in [0.15, 0.2) is 0 Å². The van der Waals surface area contributed by atoms with Gasteiger partial charge < -0.3 is 0 Å². The average Bonchev–Trinajstić information content (AvgIpc) is 1.66. The van der Waals surface area contributed by atoms with Crippen LogP contribution in [0.1, 0.15) is 26.7 Å². The summed E-state index contributed by atoms with van der Waals surface area (Å²) in [6.07, 6.45) is 2.74. The summed E-state index contributed by atoms with van der Waals surface area (Å²) in [6.45, 7) is 4.42. The Morgan fingerprint density at radius 1 is 1.62 bits per heavy atom. The molecule has 0 saturated heterocycles. The van der Waals surface area contributed by atoms with Gasteiger partial charge in [-0.2, -0.15) is 0 Å². The number of hydrogen-bond acceptors (Lipinski definition) is 0. The van der Waals surface area contributed by atoms with E-state index in [-0.39, 0.29) is 0 Å². The molecule has 0 spiro atoms. The quantitative estimate of drug-likeness (QED) is 0.513. The first kappa shape index (κ1) is 8.91. The molecule has 0 amide bonds. The third-order valence-electron chi connectivity index (χ3n) is 0.803. The van der Waals surface area contributed by atoms with Crippen molar-refractivity contribution in [1.29, 1.82) is 0 Å². The molecular formula is C6H12Se2. The van der Waals surface area contributed by atoms with Crippen LogP contribution in [0.5, 0.6) is 0 Å². The first-order chi connectivity index (χ1) is 3.77. The normalized spacial score (nSPS) is 9.25. The Bertz CT molecular complexity index is 68.9. The summed E-state index contributed by atoms with van der Waals surface area (Å²) in [7, 11) is 0. The molecule has 8 heavy (non-hydrogen) atoms. The number of unbranched alkanes of at least 4 members (excludes halogenated alkanes) is 1. The van der Waals surface area contributed by atoms with E-state index in [2.05, 4.69) is 29.4 Å². The van der Waals surface area contributed by atoms with Crippen molar-refractivity contribution >= 4 is 33.8 Å². The second-order valence-corrected chi connectivity index (χ2v) is 7.04. The Kier molecular flexibility index (Phi) is 6.72. The van der Waals surface area contributed by atoms with E-state index in [0.29, 0.717) is 0 Å². The molecule has 0 aromatic rings. The van der Waals surface area contributed by atoms with E-state index in [1.807, 2.05) is 0 Å². The fourth-order valence-electron chi connectivity index (χ4n) is 0.360. The second-order valence-electron chi connectivity index (χ2n) is 1.69. The van der Waals surface area contributed by atoms with E-state index in [1.165, 1.54) is 21.5 Å². The van der Waals surface area contributed by atoms with Gasteiger partial charge in [-0.05, 0) is 0 Å². The van der Waals surface area contributed by atoms with E-state index in [4.69, 9.17) is 0 Å². The molecule has 0 radical (unpaired) electrons. The molecule has 0 saturated carbocycles. The van der Waals surface area contributed by atoms with Crippen LogP contribution in [0, 0.1) is 0 Å². The van der Waals surface area contributed by atoms with Crippen LogP contribution in [-0.2, 0) is 0 Å². The van der Waals surface area contributed by atoms with Gasteiger partial charge in [-0.3, -0.25) is 0 Å². The van der Waals surface area contributed by atoms with Gasteiger partial charge in [-0.1, -0.05) is 0 Å². The minimum atomic E-state index is 0.788. The molecule has 0 atom stereocenters. The SMILES string of the molecule is CCCC[Se]C(C)=[Se]. The van der Waals surface area contributed by atoms with Crippen molar-refractivity contribution in [3.05, 3.63) is 0 Å². The van der Waals surface area contributed by atoms with Crippen molar-refractivity contribution in [3.63, 3.8) is 0 Å². The Morgan fingerprint density at radius 3 is 2.62 bits per heavy atom. The molecule has 0 unspecified atom stereocenters. The van der Waals surface area contributed by atoms with Crippen LogP contribution >= 0.6 is 0 Å². The zero-order valence-electron chi connectivity index (χ0n) is 5.44. The van der Waals surface area contributed by atoms with Crippen molar-refractivity contribution in [3.8, 4) is 0 Å². The number of hydrogen-bond donors (Lipinski definition) is 0. The molecular weight excluding hydrogens is 230 g/mol. The fourth-order valence-corrected chi connectivity index (χ4v) is 2.78. The van der Waals surface area contributed by atoms with Crippen LogP contribution in [0.3, 0.4) is 0 Å². The molecule has 0 aliphatic rings. The van der Waals surface area contributed by atoms with E-state index in [0.717, 1.165) is 15.0 Å². The first-order valence-electron chi connectivity index (χ1n) is 2.90. The van der Waals surface area contributed by atoms with Gasteiger partial charge in [0.2, 0.25) is 0 Å². The Hall–Kier alpha value is 0.909. The van der Waals surface area contributed by atoms with Gasteiger partial charge in [0.05, 0.1) is 0 Å². The van der Waals surface area contributed by atoms with Gasteiger partial charge in [0, 0.05) is 0 Å². The topological polar surface area (TPSA) is 0 Å². The van der Waals surface area contributed by atoms with Gasteiger partial charge in [0.15, 0.2) is 0 Å². The third-order valence-corrected chi connectivity index (χ3v) is 3.97. The van der Waals surface area contributed by atoms with Crippen molar-refractivity contribution in [2.24, 2.45) is 0 Å². The predicted molar refractivity (Wildman–Crippen MR) is 41.9 cm³/mol. The van der Waals surface area contributed by atoms with Gasteiger partial charge in [-0.25, -0.2) is 0 Å². The van der Waals surface area contributed by atoms with Crippen LogP contribution in [0.25, 0.3) is 0 Å². The molecule has 0 bridgehead atoms. The van der Waals surface area contributed by atoms with Crippen molar-refractivity contribution < 1.29 is 0 Å². The van der Waals surface area contributed by atoms with Crippen LogP contribution in [0.2, 0.25) is 5.32 Å². The molecule has 0 heterocycles. The Morgan fingerprint density at radius 2 is 2.25 bits per heavy atom. The zero-order chi connectivity index (χ0) is 6.41. The molecule has 0 aromatic heterocycles. The summed E-state index contributed by atoms with van der Waals surface area (Å²) in [4.78, 5) is 0. The van der Waals surface area contributed by atoms with Gasteiger partial charge in [0.25, 0.3) is 0 Å². The molecule has 48 valence electrons. The fraction of sp³-hybridized carbons (Fsp3) is 0.833. The summed E-state index contributed by atoms with van der Waals surface area (Å²) < 4.78 is 1.51.